The fourth-order valence-electron chi connectivity index (χ4n) is 1.92. The molecule has 0 aliphatic heterocycles. The van der Waals surface area contributed by atoms with Crippen molar-refractivity contribution in [1.29, 1.82) is 5.26 Å². The molecule has 0 aliphatic carbocycles. The van der Waals surface area contributed by atoms with Gasteiger partial charge in [-0.1, -0.05) is 11.8 Å². The molecule has 1 aromatic heterocycles. The zero-order valence-corrected chi connectivity index (χ0v) is 13.2. The lowest BCUT2D eigenvalue weighted by molar-refractivity contribution is -0.274. The minimum absolute atomic E-state index is 0.0391. The quantitative estimate of drug-likeness (QED) is 0.669. The summed E-state index contributed by atoms with van der Waals surface area (Å²) >= 11 is 1.11. The molecule has 6 nitrogen and oxygen atoms in total. The van der Waals surface area contributed by atoms with E-state index in [1.165, 1.54) is 13.2 Å². The van der Waals surface area contributed by atoms with E-state index in [2.05, 4.69) is 14.7 Å². The Morgan fingerprint density at radius 2 is 2.08 bits per heavy atom. The van der Waals surface area contributed by atoms with Crippen LogP contribution >= 0.6 is 11.8 Å². The third-order valence-electron chi connectivity index (χ3n) is 2.86. The number of H-pyrrole nitrogens is 1. The summed E-state index contributed by atoms with van der Waals surface area (Å²) in [5.74, 6) is -0.374. The Labute approximate surface area is 138 Å². The van der Waals surface area contributed by atoms with Gasteiger partial charge in [0.05, 0.1) is 7.11 Å². The molecule has 0 atom stereocenters. The monoisotopic (exact) mass is 357 g/mol. The van der Waals surface area contributed by atoms with Gasteiger partial charge in [0.1, 0.15) is 28.8 Å². The number of nitrogens with one attached hydrogen (secondary N) is 1. The molecule has 0 amide bonds. The number of ether oxygens (including phenoxy) is 2. The van der Waals surface area contributed by atoms with Crippen LogP contribution in [0.3, 0.4) is 0 Å². The average Bonchev–Trinajstić information content (AvgIpc) is 2.52. The molecule has 0 saturated carbocycles. The highest BCUT2D eigenvalue weighted by atomic mass is 32.2. The minimum atomic E-state index is -4.88. The molecule has 126 valence electrons. The van der Waals surface area contributed by atoms with Crippen LogP contribution in [-0.4, -0.2) is 29.7 Å². The molecule has 0 spiro atoms. The predicted octanol–water partition coefficient (Wildman–Crippen LogP) is 2.94. The molecule has 2 rings (SSSR count). The van der Waals surface area contributed by atoms with E-state index in [-0.39, 0.29) is 27.7 Å². The second-order valence-electron chi connectivity index (χ2n) is 4.32. The number of methoxy groups -OCH3 is 1. The molecule has 1 N–H and O–H groups in total. The normalized spacial score (nSPS) is 11.0. The lowest BCUT2D eigenvalue weighted by Crippen LogP contribution is -2.17. The number of nitriles is 1. The number of hydrogen-bond donors (Lipinski definition) is 1. The van der Waals surface area contributed by atoms with E-state index in [0.29, 0.717) is 0 Å². The Bertz CT molecular complexity index is 859. The van der Waals surface area contributed by atoms with Crippen molar-refractivity contribution < 1.29 is 22.6 Å². The van der Waals surface area contributed by atoms with Gasteiger partial charge in [-0.2, -0.15) is 5.26 Å². The van der Waals surface area contributed by atoms with Crippen LogP contribution in [-0.2, 0) is 0 Å². The van der Waals surface area contributed by atoms with Crippen molar-refractivity contribution in [3.05, 3.63) is 34.1 Å². The first kappa shape index (κ1) is 17.7. The number of rotatable bonds is 4. The van der Waals surface area contributed by atoms with Gasteiger partial charge in [0.2, 0.25) is 0 Å². The molecule has 0 aliphatic rings. The Morgan fingerprint density at radius 1 is 1.38 bits per heavy atom. The van der Waals surface area contributed by atoms with Gasteiger partial charge in [-0.15, -0.1) is 13.2 Å². The number of thioether (sulfide) groups is 1. The first-order valence-electron chi connectivity index (χ1n) is 6.31. The highest BCUT2D eigenvalue weighted by Crippen LogP contribution is 2.35. The zero-order chi connectivity index (χ0) is 17.9. The van der Waals surface area contributed by atoms with Crippen LogP contribution in [0.1, 0.15) is 5.56 Å². The van der Waals surface area contributed by atoms with Crippen molar-refractivity contribution in [1.82, 2.24) is 9.97 Å². The number of hydrogen-bond acceptors (Lipinski definition) is 6. The first-order valence-corrected chi connectivity index (χ1v) is 7.54. The van der Waals surface area contributed by atoms with E-state index in [4.69, 9.17) is 4.74 Å². The maximum atomic E-state index is 12.4. The third-order valence-corrected chi connectivity index (χ3v) is 3.44. The average molecular weight is 357 g/mol. The summed E-state index contributed by atoms with van der Waals surface area (Å²) in [5, 5.41) is 9.38. The number of benzene rings is 1. The number of nitrogens with zero attached hydrogens (tertiary/aromatic N) is 2. The number of aromatic nitrogens is 2. The van der Waals surface area contributed by atoms with Crippen LogP contribution in [0.4, 0.5) is 13.2 Å². The van der Waals surface area contributed by atoms with Crippen LogP contribution < -0.4 is 15.0 Å². The van der Waals surface area contributed by atoms with Gasteiger partial charge in [-0.25, -0.2) is 4.98 Å². The molecule has 0 radical (unpaired) electrons. The topological polar surface area (TPSA) is 88.0 Å². The number of halogens is 3. The standard InChI is InChI=1S/C14H10F3N3O3S/c1-22-10-4-3-7(23-14(15,16)17)5-8(10)11-9(6-18)12(21)20-13(19-11)24-2/h3-5H,1-2H3,(H,19,20,21). The summed E-state index contributed by atoms with van der Waals surface area (Å²) in [6.45, 7) is 0. The Kier molecular flexibility index (Phi) is 5.04. The van der Waals surface area contributed by atoms with Gasteiger partial charge in [0.15, 0.2) is 5.16 Å². The molecule has 1 aromatic carbocycles. The maximum absolute atomic E-state index is 12.4. The summed E-state index contributed by atoms with van der Waals surface area (Å²) in [5.41, 5.74) is -1.08. The van der Waals surface area contributed by atoms with Crippen molar-refractivity contribution >= 4 is 11.8 Å². The molecule has 24 heavy (non-hydrogen) atoms. The molecule has 0 bridgehead atoms. The summed E-state index contributed by atoms with van der Waals surface area (Å²) in [6, 6.07) is 5.01. The van der Waals surface area contributed by atoms with E-state index in [1.807, 2.05) is 0 Å². The minimum Gasteiger partial charge on any atom is -0.496 e. The molecule has 1 heterocycles. The second kappa shape index (κ2) is 6.84. The third kappa shape index (κ3) is 3.80. The summed E-state index contributed by atoms with van der Waals surface area (Å²) in [4.78, 5) is 18.5. The number of aromatic amines is 1. The van der Waals surface area contributed by atoms with Crippen molar-refractivity contribution in [3.63, 3.8) is 0 Å². The van der Waals surface area contributed by atoms with E-state index < -0.39 is 17.7 Å². The molecular formula is C14H10F3N3O3S. The predicted molar refractivity (Wildman–Crippen MR) is 80.0 cm³/mol. The van der Waals surface area contributed by atoms with Crippen molar-refractivity contribution in [2.75, 3.05) is 13.4 Å². The highest BCUT2D eigenvalue weighted by molar-refractivity contribution is 7.98. The fourth-order valence-corrected chi connectivity index (χ4v) is 2.29. The van der Waals surface area contributed by atoms with Gasteiger partial charge >= 0.3 is 6.36 Å². The van der Waals surface area contributed by atoms with E-state index >= 15 is 0 Å². The van der Waals surface area contributed by atoms with Crippen LogP contribution in [0.2, 0.25) is 0 Å². The number of alkyl halides is 3. The van der Waals surface area contributed by atoms with Crippen molar-refractivity contribution in [2.45, 2.75) is 11.5 Å². The van der Waals surface area contributed by atoms with Crippen molar-refractivity contribution in [2.24, 2.45) is 0 Å². The van der Waals surface area contributed by atoms with Crippen LogP contribution in [0.5, 0.6) is 11.5 Å². The molecule has 10 heteroatoms. The van der Waals surface area contributed by atoms with Gasteiger partial charge < -0.3 is 14.5 Å². The van der Waals surface area contributed by atoms with Gasteiger partial charge in [-0.3, -0.25) is 4.79 Å². The summed E-state index contributed by atoms with van der Waals surface area (Å²) in [6.07, 6.45) is -3.23. The molecule has 0 unspecified atom stereocenters. The van der Waals surface area contributed by atoms with Crippen LogP contribution in [0, 0.1) is 11.3 Å². The van der Waals surface area contributed by atoms with Crippen LogP contribution in [0.15, 0.2) is 28.2 Å². The molecule has 0 saturated heterocycles. The molecule has 0 fully saturated rings. The summed E-state index contributed by atoms with van der Waals surface area (Å²) < 4.78 is 46.2. The fraction of sp³-hybridized carbons (Fsp3) is 0.214. The van der Waals surface area contributed by atoms with Gasteiger partial charge in [0.25, 0.3) is 5.56 Å². The SMILES string of the molecule is COc1ccc(OC(F)(F)F)cc1-c1nc(SC)[nH]c(=O)c1C#N. The molecule has 2 aromatic rings. The second-order valence-corrected chi connectivity index (χ2v) is 5.12. The Balaban J connectivity index is 2.71. The summed E-state index contributed by atoms with van der Waals surface area (Å²) in [7, 11) is 1.30. The van der Waals surface area contributed by atoms with Crippen LogP contribution in [0.25, 0.3) is 11.3 Å². The first-order chi connectivity index (χ1) is 11.3. The van der Waals surface area contributed by atoms with E-state index in [9.17, 15) is 23.2 Å². The Morgan fingerprint density at radius 3 is 2.62 bits per heavy atom. The highest BCUT2D eigenvalue weighted by Gasteiger charge is 2.31. The van der Waals surface area contributed by atoms with E-state index in [1.54, 1.807) is 12.3 Å². The maximum Gasteiger partial charge on any atom is 0.573 e. The lowest BCUT2D eigenvalue weighted by atomic mass is 10.1. The van der Waals surface area contributed by atoms with Gasteiger partial charge in [0, 0.05) is 5.56 Å². The Hall–Kier alpha value is -2.67. The zero-order valence-electron chi connectivity index (χ0n) is 12.4. The van der Waals surface area contributed by atoms with E-state index in [0.717, 1.165) is 23.9 Å². The smallest absolute Gasteiger partial charge is 0.496 e. The molecular weight excluding hydrogens is 347 g/mol. The van der Waals surface area contributed by atoms with Crippen molar-refractivity contribution in [3.8, 4) is 28.8 Å². The largest absolute Gasteiger partial charge is 0.573 e. The lowest BCUT2D eigenvalue weighted by Gasteiger charge is -2.13. The van der Waals surface area contributed by atoms with Gasteiger partial charge in [-0.05, 0) is 24.5 Å².